The number of amides is 1. The Balaban J connectivity index is 1.41. The molecule has 0 spiro atoms. The molecule has 0 bridgehead atoms. The second-order valence-corrected chi connectivity index (χ2v) is 7.19. The summed E-state index contributed by atoms with van der Waals surface area (Å²) in [6.45, 7) is 0.207. The third-order valence-electron chi connectivity index (χ3n) is 5.51. The van der Waals surface area contributed by atoms with Crippen LogP contribution in [0.4, 0.5) is 4.79 Å². The van der Waals surface area contributed by atoms with Gasteiger partial charge in [-0.15, -0.1) is 5.06 Å². The molecule has 2 aromatic carbocycles. The maximum absolute atomic E-state index is 12.3. The lowest BCUT2D eigenvalue weighted by molar-refractivity contribution is -0.181. The second kappa shape index (κ2) is 7.43. The summed E-state index contributed by atoms with van der Waals surface area (Å²) in [5.74, 6) is -0.461. The molecule has 1 amide bonds. The summed E-state index contributed by atoms with van der Waals surface area (Å²) < 4.78 is 5.47. The molecular formula is C22H23NO4. The second-order valence-electron chi connectivity index (χ2n) is 7.19. The summed E-state index contributed by atoms with van der Waals surface area (Å²) in [7, 11) is 1.42. The number of fused-ring (bicyclic) bond motifs is 3. The third kappa shape index (κ3) is 3.42. The van der Waals surface area contributed by atoms with Crippen LogP contribution in [0.25, 0.3) is 11.1 Å². The van der Waals surface area contributed by atoms with Crippen molar-refractivity contribution >= 4 is 12.1 Å². The van der Waals surface area contributed by atoms with E-state index in [0.717, 1.165) is 41.9 Å². The van der Waals surface area contributed by atoms with Crippen molar-refractivity contribution in [1.82, 2.24) is 5.06 Å². The van der Waals surface area contributed by atoms with Crippen LogP contribution in [0.3, 0.4) is 0 Å². The monoisotopic (exact) mass is 365 g/mol. The van der Waals surface area contributed by atoms with Crippen LogP contribution in [-0.2, 0) is 14.4 Å². The molecule has 0 aliphatic heterocycles. The number of hydrogen-bond donors (Lipinski definition) is 0. The van der Waals surface area contributed by atoms with E-state index in [1.807, 2.05) is 24.3 Å². The number of nitrogens with zero attached hydrogens (tertiary/aromatic N) is 1. The van der Waals surface area contributed by atoms with Crippen molar-refractivity contribution in [2.75, 3.05) is 13.7 Å². The number of ether oxygens (including phenoxy) is 1. The molecule has 0 atom stereocenters. The molecule has 4 rings (SSSR count). The normalized spacial score (nSPS) is 15.9. The highest BCUT2D eigenvalue weighted by Gasteiger charge is 2.31. The minimum absolute atomic E-state index is 0.0136. The number of hydrogen-bond acceptors (Lipinski definition) is 4. The Labute approximate surface area is 158 Å². The van der Waals surface area contributed by atoms with E-state index in [1.165, 1.54) is 18.2 Å². The van der Waals surface area contributed by atoms with Crippen LogP contribution >= 0.6 is 0 Å². The number of carbonyl (C=O) groups is 2. The Morgan fingerprint density at radius 2 is 1.52 bits per heavy atom. The van der Waals surface area contributed by atoms with Crippen molar-refractivity contribution in [2.45, 2.75) is 31.6 Å². The molecule has 1 saturated carbocycles. The number of rotatable bonds is 3. The first-order chi connectivity index (χ1) is 13.1. The van der Waals surface area contributed by atoms with Gasteiger partial charge in [0.1, 0.15) is 6.61 Å². The first-order valence-electron chi connectivity index (χ1n) is 9.45. The lowest BCUT2D eigenvalue weighted by Gasteiger charge is -2.20. The van der Waals surface area contributed by atoms with Crippen LogP contribution in [0.1, 0.15) is 42.7 Å². The SMILES string of the molecule is CN(OC(=O)C1CCCC1)C(=O)OCC1c2ccccc2-c2ccccc21. The average Bonchev–Trinajstić information content (AvgIpc) is 3.33. The topological polar surface area (TPSA) is 55.8 Å². The quantitative estimate of drug-likeness (QED) is 0.751. The van der Waals surface area contributed by atoms with Gasteiger partial charge in [0.25, 0.3) is 0 Å². The Morgan fingerprint density at radius 3 is 2.11 bits per heavy atom. The van der Waals surface area contributed by atoms with Gasteiger partial charge in [0.05, 0.1) is 13.0 Å². The molecule has 0 radical (unpaired) electrons. The van der Waals surface area contributed by atoms with Crippen molar-refractivity contribution in [3.05, 3.63) is 59.7 Å². The molecule has 0 unspecified atom stereocenters. The van der Waals surface area contributed by atoms with Crippen molar-refractivity contribution in [2.24, 2.45) is 5.92 Å². The molecule has 2 aromatic rings. The zero-order valence-corrected chi connectivity index (χ0v) is 15.4. The highest BCUT2D eigenvalue weighted by molar-refractivity contribution is 5.79. The van der Waals surface area contributed by atoms with Gasteiger partial charge >= 0.3 is 12.1 Å². The summed E-state index contributed by atoms with van der Waals surface area (Å²) in [6.07, 6.45) is 3.08. The summed E-state index contributed by atoms with van der Waals surface area (Å²) in [5.41, 5.74) is 4.65. The maximum Gasteiger partial charge on any atom is 0.443 e. The van der Waals surface area contributed by atoms with Crippen molar-refractivity contribution in [3.63, 3.8) is 0 Å². The summed E-state index contributed by atoms with van der Waals surface area (Å²) in [4.78, 5) is 29.5. The van der Waals surface area contributed by atoms with Crippen LogP contribution in [0, 0.1) is 5.92 Å². The molecule has 5 heteroatoms. The van der Waals surface area contributed by atoms with Gasteiger partial charge in [-0.25, -0.2) is 9.59 Å². The molecule has 2 aliphatic rings. The largest absolute Gasteiger partial charge is 0.446 e. The molecule has 0 heterocycles. The van der Waals surface area contributed by atoms with Crippen LogP contribution in [0.5, 0.6) is 0 Å². The van der Waals surface area contributed by atoms with Gasteiger partial charge in [0, 0.05) is 5.92 Å². The Morgan fingerprint density at radius 1 is 0.963 bits per heavy atom. The first-order valence-corrected chi connectivity index (χ1v) is 9.45. The van der Waals surface area contributed by atoms with E-state index < -0.39 is 6.09 Å². The van der Waals surface area contributed by atoms with Gasteiger partial charge in [0.15, 0.2) is 0 Å². The Kier molecular flexibility index (Phi) is 4.84. The third-order valence-corrected chi connectivity index (χ3v) is 5.51. The highest BCUT2D eigenvalue weighted by atomic mass is 16.7. The van der Waals surface area contributed by atoms with E-state index in [1.54, 1.807) is 0 Å². The van der Waals surface area contributed by atoms with E-state index in [2.05, 4.69) is 24.3 Å². The molecule has 0 aromatic heterocycles. The Bertz CT molecular complexity index is 811. The van der Waals surface area contributed by atoms with Gasteiger partial charge in [-0.3, -0.25) is 0 Å². The minimum Gasteiger partial charge on any atom is -0.446 e. The zero-order chi connectivity index (χ0) is 18.8. The van der Waals surface area contributed by atoms with Gasteiger partial charge in [-0.1, -0.05) is 61.4 Å². The molecule has 5 nitrogen and oxygen atoms in total. The smallest absolute Gasteiger partial charge is 0.443 e. The summed E-state index contributed by atoms with van der Waals surface area (Å²) in [5, 5.41) is 0.910. The van der Waals surface area contributed by atoms with Gasteiger partial charge in [0.2, 0.25) is 0 Å². The van der Waals surface area contributed by atoms with Crippen molar-refractivity contribution in [1.29, 1.82) is 0 Å². The average molecular weight is 365 g/mol. The number of hydroxylamine groups is 2. The van der Waals surface area contributed by atoms with Crippen LogP contribution in [0.15, 0.2) is 48.5 Å². The highest BCUT2D eigenvalue weighted by Crippen LogP contribution is 2.44. The van der Waals surface area contributed by atoms with Crippen LogP contribution < -0.4 is 0 Å². The molecule has 0 saturated heterocycles. The maximum atomic E-state index is 12.3. The van der Waals surface area contributed by atoms with Gasteiger partial charge in [-0.2, -0.15) is 0 Å². The molecular weight excluding hydrogens is 342 g/mol. The van der Waals surface area contributed by atoms with Gasteiger partial charge in [-0.05, 0) is 35.1 Å². The van der Waals surface area contributed by atoms with Crippen LogP contribution in [-0.4, -0.2) is 30.8 Å². The summed E-state index contributed by atoms with van der Waals surface area (Å²) in [6, 6.07) is 16.3. The Hall–Kier alpha value is -2.82. The molecule has 0 N–H and O–H groups in total. The van der Waals surface area contributed by atoms with Crippen molar-refractivity contribution in [3.8, 4) is 11.1 Å². The van der Waals surface area contributed by atoms with Crippen molar-refractivity contribution < 1.29 is 19.2 Å². The number of carbonyl (C=O) groups excluding carboxylic acids is 2. The number of benzene rings is 2. The van der Waals surface area contributed by atoms with E-state index in [9.17, 15) is 9.59 Å². The molecule has 1 fully saturated rings. The fraction of sp³-hybridized carbons (Fsp3) is 0.364. The standard InChI is InChI=1S/C22H23NO4/c1-23(27-21(24)15-8-2-3-9-15)22(25)26-14-20-18-12-6-4-10-16(18)17-11-5-7-13-19(17)20/h4-7,10-13,15,20H,2-3,8-9,14H2,1H3. The lowest BCUT2D eigenvalue weighted by atomic mass is 9.98. The fourth-order valence-electron chi connectivity index (χ4n) is 4.09. The van der Waals surface area contributed by atoms with E-state index in [0.29, 0.717) is 0 Å². The molecule has 140 valence electrons. The summed E-state index contributed by atoms with van der Waals surface area (Å²) >= 11 is 0. The molecule has 2 aliphatic carbocycles. The lowest BCUT2D eigenvalue weighted by Crippen LogP contribution is -2.33. The zero-order valence-electron chi connectivity index (χ0n) is 15.4. The first kappa shape index (κ1) is 17.6. The van der Waals surface area contributed by atoms with E-state index in [4.69, 9.17) is 9.57 Å². The fourth-order valence-corrected chi connectivity index (χ4v) is 4.09. The predicted molar refractivity (Wildman–Crippen MR) is 101 cm³/mol. The predicted octanol–water partition coefficient (Wildman–Crippen LogP) is 4.52. The van der Waals surface area contributed by atoms with E-state index in [-0.39, 0.29) is 24.4 Å². The van der Waals surface area contributed by atoms with Gasteiger partial charge < -0.3 is 9.57 Å². The molecule has 27 heavy (non-hydrogen) atoms. The van der Waals surface area contributed by atoms with Crippen LogP contribution in [0.2, 0.25) is 0 Å². The van der Waals surface area contributed by atoms with E-state index >= 15 is 0 Å². The minimum atomic E-state index is -0.650.